The molecule has 0 aliphatic heterocycles. The molecule has 1 heterocycles. The molecule has 3 aromatic carbocycles. The summed E-state index contributed by atoms with van der Waals surface area (Å²) in [5.41, 5.74) is 4.95. The van der Waals surface area contributed by atoms with Gasteiger partial charge in [0.2, 0.25) is 5.91 Å². The monoisotopic (exact) mass is 448 g/mol. The van der Waals surface area contributed by atoms with E-state index in [2.05, 4.69) is 27.6 Å². The molecule has 5 nitrogen and oxygen atoms in total. The zero-order chi connectivity index (χ0) is 21.6. The maximum Gasteiger partial charge on any atom is 0.234 e. The second kappa shape index (κ2) is 9.81. The molecule has 156 valence electrons. The molecule has 31 heavy (non-hydrogen) atoms. The van der Waals surface area contributed by atoms with Crippen LogP contribution in [0, 0.1) is 6.92 Å². The molecule has 4 aromatic rings. The molecule has 1 aromatic heterocycles. The standard InChI is InChI=1S/C24H21ClN4OS/c1-17-11-12-20(14-21(17)25)29-16-26-28-24(29)31-15-23(30)27-22-10-6-5-9-19(22)13-18-7-3-2-4-8-18/h2-12,14,16H,13,15H2,1H3,(H,27,30). The van der Waals surface area contributed by atoms with Crippen LogP contribution in [0.5, 0.6) is 0 Å². The first-order valence-electron chi connectivity index (χ1n) is 9.81. The number of carbonyl (C=O) groups excluding carboxylic acids is 1. The van der Waals surface area contributed by atoms with Gasteiger partial charge in [-0.15, -0.1) is 10.2 Å². The van der Waals surface area contributed by atoms with Crippen LogP contribution in [0.1, 0.15) is 16.7 Å². The third-order valence-electron chi connectivity index (χ3n) is 4.81. The average Bonchev–Trinajstić information content (AvgIpc) is 3.25. The van der Waals surface area contributed by atoms with Gasteiger partial charge in [0.05, 0.1) is 11.4 Å². The molecule has 4 rings (SSSR count). The normalized spacial score (nSPS) is 10.8. The van der Waals surface area contributed by atoms with E-state index in [4.69, 9.17) is 11.6 Å². The molecule has 0 bridgehead atoms. The Morgan fingerprint density at radius 3 is 2.65 bits per heavy atom. The minimum absolute atomic E-state index is 0.0954. The molecule has 0 aliphatic carbocycles. The van der Waals surface area contributed by atoms with Gasteiger partial charge in [0.1, 0.15) is 6.33 Å². The number of nitrogens with zero attached hydrogens (tertiary/aromatic N) is 3. The summed E-state index contributed by atoms with van der Waals surface area (Å²) >= 11 is 7.58. The summed E-state index contributed by atoms with van der Waals surface area (Å²) in [6.07, 6.45) is 2.38. The number of aromatic nitrogens is 3. The largest absolute Gasteiger partial charge is 0.325 e. The lowest BCUT2D eigenvalue weighted by molar-refractivity contribution is -0.113. The Bertz CT molecular complexity index is 1190. The van der Waals surface area contributed by atoms with Gasteiger partial charge in [-0.05, 0) is 48.2 Å². The van der Waals surface area contributed by atoms with Crippen LogP contribution in [0.25, 0.3) is 5.69 Å². The fraction of sp³-hybridized carbons (Fsp3) is 0.125. The van der Waals surface area contributed by atoms with Gasteiger partial charge in [0.15, 0.2) is 5.16 Å². The van der Waals surface area contributed by atoms with Gasteiger partial charge in [0.25, 0.3) is 0 Å². The quantitative estimate of drug-likeness (QED) is 0.376. The van der Waals surface area contributed by atoms with Crippen LogP contribution in [0.2, 0.25) is 5.02 Å². The van der Waals surface area contributed by atoms with E-state index in [0.29, 0.717) is 10.2 Å². The van der Waals surface area contributed by atoms with Crippen LogP contribution in [0.4, 0.5) is 5.69 Å². The summed E-state index contributed by atoms with van der Waals surface area (Å²) in [6.45, 7) is 1.95. The molecule has 7 heteroatoms. The molecule has 0 saturated heterocycles. The van der Waals surface area contributed by atoms with Crippen molar-refractivity contribution in [1.82, 2.24) is 14.8 Å². The third kappa shape index (κ3) is 5.34. The highest BCUT2D eigenvalue weighted by Crippen LogP contribution is 2.24. The molecule has 0 fully saturated rings. The van der Waals surface area contributed by atoms with Gasteiger partial charge in [0, 0.05) is 10.7 Å². The zero-order valence-corrected chi connectivity index (χ0v) is 18.5. The summed E-state index contributed by atoms with van der Waals surface area (Å²) in [7, 11) is 0. The number of anilines is 1. The van der Waals surface area contributed by atoms with Crippen molar-refractivity contribution >= 4 is 35.0 Å². The lowest BCUT2D eigenvalue weighted by atomic mass is 10.0. The van der Waals surface area contributed by atoms with Gasteiger partial charge in [-0.25, -0.2) is 0 Å². The highest BCUT2D eigenvalue weighted by molar-refractivity contribution is 7.99. The van der Waals surface area contributed by atoms with Crippen LogP contribution < -0.4 is 5.32 Å². The Morgan fingerprint density at radius 1 is 1.06 bits per heavy atom. The molecule has 0 spiro atoms. The highest BCUT2D eigenvalue weighted by atomic mass is 35.5. The minimum atomic E-state index is -0.0954. The summed E-state index contributed by atoms with van der Waals surface area (Å²) in [4.78, 5) is 12.6. The van der Waals surface area contributed by atoms with E-state index in [1.165, 1.54) is 17.3 Å². The number of halogens is 1. The number of carbonyl (C=O) groups is 1. The predicted octanol–water partition coefficient (Wildman–Crippen LogP) is 5.55. The fourth-order valence-corrected chi connectivity index (χ4v) is 4.06. The average molecular weight is 449 g/mol. The van der Waals surface area contributed by atoms with E-state index in [1.54, 1.807) is 6.33 Å². The van der Waals surface area contributed by atoms with Crippen molar-refractivity contribution in [1.29, 1.82) is 0 Å². The molecule has 0 unspecified atom stereocenters. The van der Waals surface area contributed by atoms with Crippen molar-refractivity contribution in [3.05, 3.63) is 101 Å². The van der Waals surface area contributed by atoms with Crippen molar-refractivity contribution in [2.45, 2.75) is 18.5 Å². The number of rotatable bonds is 7. The first kappa shape index (κ1) is 21.2. The van der Waals surface area contributed by atoms with E-state index in [9.17, 15) is 4.79 Å². The number of hydrogen-bond acceptors (Lipinski definition) is 4. The number of amides is 1. The molecule has 0 saturated carbocycles. The van der Waals surface area contributed by atoms with Crippen molar-refractivity contribution < 1.29 is 4.79 Å². The zero-order valence-electron chi connectivity index (χ0n) is 17.0. The van der Waals surface area contributed by atoms with E-state index < -0.39 is 0 Å². The molecular formula is C24H21ClN4OS. The molecule has 1 N–H and O–H groups in total. The lowest BCUT2D eigenvalue weighted by Gasteiger charge is -2.11. The Balaban J connectivity index is 1.42. The van der Waals surface area contributed by atoms with E-state index in [0.717, 1.165) is 28.9 Å². The minimum Gasteiger partial charge on any atom is -0.325 e. The van der Waals surface area contributed by atoms with Crippen LogP contribution in [0.15, 0.2) is 84.3 Å². The number of thioether (sulfide) groups is 1. The van der Waals surface area contributed by atoms with Crippen LogP contribution in [0.3, 0.4) is 0 Å². The van der Waals surface area contributed by atoms with Crippen molar-refractivity contribution in [2.24, 2.45) is 0 Å². The summed E-state index contributed by atoms with van der Waals surface area (Å²) in [5.74, 6) is 0.125. The number of hydrogen-bond donors (Lipinski definition) is 1. The van der Waals surface area contributed by atoms with Crippen LogP contribution in [-0.2, 0) is 11.2 Å². The second-order valence-corrected chi connectivity index (χ2v) is 8.42. The molecular weight excluding hydrogens is 428 g/mol. The summed E-state index contributed by atoms with van der Waals surface area (Å²) in [6, 6.07) is 23.8. The van der Waals surface area contributed by atoms with Crippen LogP contribution >= 0.6 is 23.4 Å². The fourth-order valence-electron chi connectivity index (χ4n) is 3.16. The molecule has 1 amide bonds. The summed E-state index contributed by atoms with van der Waals surface area (Å²) in [5, 5.41) is 12.5. The number of para-hydroxylation sites is 1. The van der Waals surface area contributed by atoms with Gasteiger partial charge in [-0.2, -0.15) is 0 Å². The number of benzene rings is 3. The smallest absolute Gasteiger partial charge is 0.234 e. The van der Waals surface area contributed by atoms with E-state index in [1.807, 2.05) is 72.2 Å². The maximum atomic E-state index is 12.6. The van der Waals surface area contributed by atoms with Gasteiger partial charge < -0.3 is 5.32 Å². The van der Waals surface area contributed by atoms with Crippen molar-refractivity contribution in [3.63, 3.8) is 0 Å². The van der Waals surface area contributed by atoms with Crippen molar-refractivity contribution in [2.75, 3.05) is 11.1 Å². The van der Waals surface area contributed by atoms with Crippen LogP contribution in [-0.4, -0.2) is 26.4 Å². The first-order chi connectivity index (χ1) is 15.1. The Labute approximate surface area is 190 Å². The Morgan fingerprint density at radius 2 is 1.84 bits per heavy atom. The molecule has 0 atom stereocenters. The second-order valence-electron chi connectivity index (χ2n) is 7.07. The molecule has 0 radical (unpaired) electrons. The first-order valence-corrected chi connectivity index (χ1v) is 11.2. The lowest BCUT2D eigenvalue weighted by Crippen LogP contribution is -2.16. The van der Waals surface area contributed by atoms with E-state index in [-0.39, 0.29) is 11.7 Å². The number of aryl methyl sites for hydroxylation is 1. The third-order valence-corrected chi connectivity index (χ3v) is 6.16. The van der Waals surface area contributed by atoms with Gasteiger partial charge >= 0.3 is 0 Å². The Hall–Kier alpha value is -3.09. The predicted molar refractivity (Wildman–Crippen MR) is 126 cm³/mol. The van der Waals surface area contributed by atoms with Gasteiger partial charge in [-0.1, -0.05) is 78.0 Å². The highest BCUT2D eigenvalue weighted by Gasteiger charge is 2.12. The SMILES string of the molecule is Cc1ccc(-n2cnnc2SCC(=O)Nc2ccccc2Cc2ccccc2)cc1Cl. The van der Waals surface area contributed by atoms with E-state index >= 15 is 0 Å². The molecule has 0 aliphatic rings. The topological polar surface area (TPSA) is 59.8 Å². The number of nitrogens with one attached hydrogen (secondary N) is 1. The Kier molecular flexibility index (Phi) is 6.70. The van der Waals surface area contributed by atoms with Crippen molar-refractivity contribution in [3.8, 4) is 5.69 Å². The maximum absolute atomic E-state index is 12.6. The summed E-state index contributed by atoms with van der Waals surface area (Å²) < 4.78 is 1.83. The van der Waals surface area contributed by atoms with Gasteiger partial charge in [-0.3, -0.25) is 9.36 Å².